The first-order valence-electron chi connectivity index (χ1n) is 7.31. The third-order valence-electron chi connectivity index (χ3n) is 3.32. The summed E-state index contributed by atoms with van der Waals surface area (Å²) >= 11 is 0. The molecule has 0 unspecified atom stereocenters. The minimum Gasteiger partial charge on any atom is -0.323 e. The second kappa shape index (κ2) is 6.26. The van der Waals surface area contributed by atoms with Crippen LogP contribution in [0.4, 0.5) is 11.4 Å². The quantitative estimate of drug-likeness (QED) is 0.892. The lowest BCUT2D eigenvalue weighted by Gasteiger charge is -2.22. The molecule has 0 spiro atoms. The molecule has 5 heteroatoms. The van der Waals surface area contributed by atoms with E-state index in [1.165, 1.54) is 0 Å². The number of para-hydroxylation sites is 2. The Labute approximate surface area is 125 Å². The van der Waals surface area contributed by atoms with E-state index in [-0.39, 0.29) is 23.9 Å². The van der Waals surface area contributed by atoms with Crippen LogP contribution in [0, 0.1) is 0 Å². The number of nitrogens with zero attached hydrogens (tertiary/aromatic N) is 1. The minimum atomic E-state index is -0.109. The number of anilines is 2. The van der Waals surface area contributed by atoms with Gasteiger partial charge in [0, 0.05) is 18.5 Å². The van der Waals surface area contributed by atoms with E-state index in [1.807, 2.05) is 45.0 Å². The lowest BCUT2D eigenvalue weighted by atomic mass is 10.1. The van der Waals surface area contributed by atoms with Gasteiger partial charge in [0.1, 0.15) is 0 Å². The minimum absolute atomic E-state index is 0.107. The first kappa shape index (κ1) is 15.5. The lowest BCUT2D eigenvalue weighted by Crippen LogP contribution is -2.41. The highest BCUT2D eigenvalue weighted by Crippen LogP contribution is 2.29. The van der Waals surface area contributed by atoms with Crippen molar-refractivity contribution in [2.75, 3.05) is 23.3 Å². The highest BCUT2D eigenvalue weighted by molar-refractivity contribution is 6.02. The maximum Gasteiger partial charge on any atom is 0.238 e. The normalized spacial score (nSPS) is 15.4. The van der Waals surface area contributed by atoms with Crippen LogP contribution in [-0.4, -0.2) is 30.4 Å². The third kappa shape index (κ3) is 4.29. The molecule has 1 saturated heterocycles. The van der Waals surface area contributed by atoms with Crippen molar-refractivity contribution < 1.29 is 9.59 Å². The molecule has 0 aromatic heterocycles. The molecule has 21 heavy (non-hydrogen) atoms. The first-order valence-corrected chi connectivity index (χ1v) is 7.31. The molecule has 0 aliphatic carbocycles. The van der Waals surface area contributed by atoms with Crippen molar-refractivity contribution in [3.63, 3.8) is 0 Å². The standard InChI is InChI=1S/C16H23N3O2/c1-16(2,3)17-11-14(20)18-12-7-4-5-8-13(12)19-10-6-9-15(19)21/h4-5,7-8,17H,6,9-11H2,1-3H3,(H,18,20). The zero-order valence-electron chi connectivity index (χ0n) is 12.9. The van der Waals surface area contributed by atoms with Gasteiger partial charge in [-0.05, 0) is 39.3 Å². The number of carbonyl (C=O) groups is 2. The molecule has 1 fully saturated rings. The number of benzene rings is 1. The van der Waals surface area contributed by atoms with Crippen molar-refractivity contribution >= 4 is 23.2 Å². The molecular weight excluding hydrogens is 266 g/mol. The molecule has 1 heterocycles. The molecule has 0 radical (unpaired) electrons. The molecule has 1 aromatic carbocycles. The Kier molecular flexibility index (Phi) is 4.63. The summed E-state index contributed by atoms with van der Waals surface area (Å²) in [5.41, 5.74) is 1.36. The Morgan fingerprint density at radius 2 is 2.00 bits per heavy atom. The van der Waals surface area contributed by atoms with Gasteiger partial charge in [0.15, 0.2) is 0 Å². The maximum atomic E-state index is 12.0. The van der Waals surface area contributed by atoms with Crippen LogP contribution in [0.2, 0.25) is 0 Å². The molecule has 2 rings (SSSR count). The second-order valence-corrected chi connectivity index (χ2v) is 6.32. The predicted molar refractivity (Wildman–Crippen MR) is 84.4 cm³/mol. The van der Waals surface area contributed by atoms with Crippen molar-refractivity contribution in [2.24, 2.45) is 0 Å². The van der Waals surface area contributed by atoms with E-state index >= 15 is 0 Å². The van der Waals surface area contributed by atoms with Gasteiger partial charge in [0.05, 0.1) is 17.9 Å². The van der Waals surface area contributed by atoms with Crippen molar-refractivity contribution in [1.29, 1.82) is 0 Å². The van der Waals surface area contributed by atoms with Crippen LogP contribution in [0.25, 0.3) is 0 Å². The molecule has 1 aromatic rings. The van der Waals surface area contributed by atoms with Crippen LogP contribution in [0.15, 0.2) is 24.3 Å². The van der Waals surface area contributed by atoms with Gasteiger partial charge in [-0.1, -0.05) is 12.1 Å². The summed E-state index contributed by atoms with van der Waals surface area (Å²) in [7, 11) is 0. The Morgan fingerprint density at radius 3 is 2.62 bits per heavy atom. The Hall–Kier alpha value is -1.88. The molecule has 0 atom stereocenters. The highest BCUT2D eigenvalue weighted by atomic mass is 16.2. The molecule has 1 aliphatic heterocycles. The van der Waals surface area contributed by atoms with E-state index in [0.29, 0.717) is 18.7 Å². The summed E-state index contributed by atoms with van der Waals surface area (Å²) in [5, 5.41) is 6.03. The molecule has 0 bridgehead atoms. The molecular formula is C16H23N3O2. The van der Waals surface area contributed by atoms with Crippen molar-refractivity contribution in [2.45, 2.75) is 39.2 Å². The number of amides is 2. The molecule has 2 N–H and O–H groups in total. The van der Waals surface area contributed by atoms with Gasteiger partial charge in [-0.15, -0.1) is 0 Å². The van der Waals surface area contributed by atoms with Gasteiger partial charge in [-0.25, -0.2) is 0 Å². The smallest absolute Gasteiger partial charge is 0.238 e. The maximum absolute atomic E-state index is 12.0. The zero-order valence-corrected chi connectivity index (χ0v) is 12.9. The summed E-state index contributed by atoms with van der Waals surface area (Å²) in [5.74, 6) is 0.00790. The van der Waals surface area contributed by atoms with E-state index < -0.39 is 0 Å². The largest absolute Gasteiger partial charge is 0.323 e. The average molecular weight is 289 g/mol. The molecule has 114 valence electrons. The second-order valence-electron chi connectivity index (χ2n) is 6.32. The fourth-order valence-electron chi connectivity index (χ4n) is 2.26. The van der Waals surface area contributed by atoms with E-state index in [9.17, 15) is 9.59 Å². The van der Waals surface area contributed by atoms with Gasteiger partial charge in [0.2, 0.25) is 11.8 Å². The van der Waals surface area contributed by atoms with Gasteiger partial charge >= 0.3 is 0 Å². The summed E-state index contributed by atoms with van der Waals surface area (Å²) in [6, 6.07) is 7.44. The number of carbonyl (C=O) groups excluding carboxylic acids is 2. The van der Waals surface area contributed by atoms with Gasteiger partial charge in [0.25, 0.3) is 0 Å². The fraction of sp³-hybridized carbons (Fsp3) is 0.500. The molecule has 0 saturated carbocycles. The van der Waals surface area contributed by atoms with E-state index in [0.717, 1.165) is 12.1 Å². The first-order chi connectivity index (χ1) is 9.87. The van der Waals surface area contributed by atoms with Crippen LogP contribution in [0.3, 0.4) is 0 Å². The fourth-order valence-corrected chi connectivity index (χ4v) is 2.26. The molecule has 5 nitrogen and oxygen atoms in total. The van der Waals surface area contributed by atoms with Crippen molar-refractivity contribution in [1.82, 2.24) is 5.32 Å². The SMILES string of the molecule is CC(C)(C)NCC(=O)Nc1ccccc1N1CCCC1=O. The summed E-state index contributed by atoms with van der Waals surface area (Å²) < 4.78 is 0. The third-order valence-corrected chi connectivity index (χ3v) is 3.32. The van der Waals surface area contributed by atoms with E-state index in [4.69, 9.17) is 0 Å². The van der Waals surface area contributed by atoms with Crippen LogP contribution in [0.1, 0.15) is 33.6 Å². The van der Waals surface area contributed by atoms with Gasteiger partial charge in [-0.2, -0.15) is 0 Å². The van der Waals surface area contributed by atoms with Crippen molar-refractivity contribution in [3.8, 4) is 0 Å². The molecule has 2 amide bonds. The number of rotatable bonds is 4. The van der Waals surface area contributed by atoms with Crippen molar-refractivity contribution in [3.05, 3.63) is 24.3 Å². The van der Waals surface area contributed by atoms with E-state index in [1.54, 1.807) is 4.90 Å². The van der Waals surface area contributed by atoms with Crippen LogP contribution < -0.4 is 15.5 Å². The predicted octanol–water partition coefficient (Wildman–Crippen LogP) is 2.14. The summed E-state index contributed by atoms with van der Waals surface area (Å²) in [6.45, 7) is 6.99. The average Bonchev–Trinajstić information content (AvgIpc) is 2.82. The summed E-state index contributed by atoms with van der Waals surface area (Å²) in [4.78, 5) is 25.6. The van der Waals surface area contributed by atoms with Crippen LogP contribution >= 0.6 is 0 Å². The monoisotopic (exact) mass is 289 g/mol. The number of nitrogens with one attached hydrogen (secondary N) is 2. The van der Waals surface area contributed by atoms with Gasteiger partial charge in [-0.3, -0.25) is 9.59 Å². The van der Waals surface area contributed by atoms with E-state index in [2.05, 4.69) is 10.6 Å². The number of hydrogen-bond donors (Lipinski definition) is 2. The van der Waals surface area contributed by atoms with Crippen LogP contribution in [0.5, 0.6) is 0 Å². The molecule has 1 aliphatic rings. The number of hydrogen-bond acceptors (Lipinski definition) is 3. The Morgan fingerprint density at radius 1 is 1.29 bits per heavy atom. The Balaban J connectivity index is 2.06. The van der Waals surface area contributed by atoms with Crippen LogP contribution in [-0.2, 0) is 9.59 Å². The summed E-state index contributed by atoms with van der Waals surface area (Å²) in [6.07, 6.45) is 1.44. The zero-order chi connectivity index (χ0) is 15.5. The lowest BCUT2D eigenvalue weighted by molar-refractivity contribution is -0.117. The Bertz CT molecular complexity index is 535. The van der Waals surface area contributed by atoms with Gasteiger partial charge < -0.3 is 15.5 Å². The highest BCUT2D eigenvalue weighted by Gasteiger charge is 2.24. The topological polar surface area (TPSA) is 61.4 Å².